The van der Waals surface area contributed by atoms with Crippen molar-refractivity contribution in [3.63, 3.8) is 0 Å². The Morgan fingerprint density at radius 1 is 0.490 bits per heavy atom. The Morgan fingerprint density at radius 2 is 1.00 bits per heavy atom. The summed E-state index contributed by atoms with van der Waals surface area (Å²) in [6.45, 7) is 6.54. The van der Waals surface area contributed by atoms with Gasteiger partial charge in [-0.3, -0.25) is 9.59 Å². The zero-order valence-corrected chi connectivity index (χ0v) is 28.6. The summed E-state index contributed by atoms with van der Waals surface area (Å²) in [5, 5.41) is 1.90. The van der Waals surface area contributed by atoms with Crippen LogP contribution in [-0.4, -0.2) is 11.6 Å². The second-order valence-corrected chi connectivity index (χ2v) is 14.2. The highest BCUT2D eigenvalue weighted by molar-refractivity contribution is 6.42. The molecule has 2 aliphatic carbocycles. The molecule has 0 fully saturated rings. The number of hydrogen-bond acceptors (Lipinski definition) is 3. The van der Waals surface area contributed by atoms with Crippen molar-refractivity contribution in [1.29, 1.82) is 0 Å². The van der Waals surface area contributed by atoms with E-state index in [2.05, 4.69) is 129 Å². The number of benzene rings is 7. The normalized spacial score (nSPS) is 14.7. The van der Waals surface area contributed by atoms with Gasteiger partial charge in [-0.1, -0.05) is 115 Å². The maximum absolute atomic E-state index is 13.9. The Balaban J connectivity index is 1.26. The first kappa shape index (κ1) is 29.6. The number of anilines is 3. The summed E-state index contributed by atoms with van der Waals surface area (Å²) in [5.41, 5.74) is 15.6. The number of hydrogen-bond donors (Lipinski definition) is 0. The van der Waals surface area contributed by atoms with Crippen LogP contribution in [0.4, 0.5) is 17.1 Å². The van der Waals surface area contributed by atoms with E-state index in [1.54, 1.807) is 0 Å². The van der Waals surface area contributed by atoms with Crippen molar-refractivity contribution in [1.82, 2.24) is 0 Å². The minimum absolute atomic E-state index is 0.208. The number of allylic oxidation sites excluding steroid dienone is 1. The Morgan fingerprint density at radius 3 is 1.61 bits per heavy atom. The minimum atomic E-state index is -0.624. The van der Waals surface area contributed by atoms with E-state index >= 15 is 0 Å². The van der Waals surface area contributed by atoms with Crippen molar-refractivity contribution in [2.45, 2.75) is 26.2 Å². The molecule has 1 heterocycles. The number of ketones is 2. The molecule has 3 nitrogen and oxygen atoms in total. The van der Waals surface area contributed by atoms with Crippen molar-refractivity contribution in [2.75, 3.05) is 4.90 Å². The van der Waals surface area contributed by atoms with Gasteiger partial charge in [0.25, 0.3) is 0 Å². The summed E-state index contributed by atoms with van der Waals surface area (Å²) in [5.74, 6) is -0.440. The molecule has 0 unspecified atom stereocenters. The third kappa shape index (κ3) is 3.95. The maximum Gasteiger partial charge on any atom is 0.197 e. The molecule has 3 aliphatic rings. The van der Waals surface area contributed by atoms with Crippen molar-refractivity contribution in [2.24, 2.45) is 0 Å². The van der Waals surface area contributed by atoms with Crippen LogP contribution >= 0.6 is 0 Å². The molecule has 1 aliphatic heterocycles. The summed E-state index contributed by atoms with van der Waals surface area (Å²) in [4.78, 5) is 30.3. The highest BCUT2D eigenvalue weighted by atomic mass is 16.2. The van der Waals surface area contributed by atoms with Crippen LogP contribution in [-0.2, 0) is 5.41 Å². The van der Waals surface area contributed by atoms with Gasteiger partial charge in [0.15, 0.2) is 11.6 Å². The number of aryl methyl sites for hydroxylation is 3. The van der Waals surface area contributed by atoms with Gasteiger partial charge in [0.05, 0.1) is 28.1 Å². The fraction of sp³-hybridized carbons (Fsp3) is 0.0833. The van der Waals surface area contributed by atoms with Gasteiger partial charge >= 0.3 is 0 Å². The predicted molar refractivity (Wildman–Crippen MR) is 207 cm³/mol. The molecule has 1 spiro atoms. The SMILES string of the molecule is Cc1cc(C)c(N2c3ccccc3C3(c4ccccc4-c4ccccc43)c3cc(C=C4C(=O)c5cc6ccccc6cc5C4=O)ccc32)c(C)c1. The molecule has 0 atom stereocenters. The lowest BCUT2D eigenvalue weighted by molar-refractivity contribution is 0.0990. The topological polar surface area (TPSA) is 37.4 Å². The van der Waals surface area contributed by atoms with Gasteiger partial charge in [0, 0.05) is 11.1 Å². The molecular formula is C48H33NO2. The zero-order chi connectivity index (χ0) is 34.6. The van der Waals surface area contributed by atoms with Gasteiger partial charge in [-0.2, -0.15) is 0 Å². The number of rotatable bonds is 2. The van der Waals surface area contributed by atoms with Crippen LogP contribution in [0, 0.1) is 20.8 Å². The van der Waals surface area contributed by atoms with E-state index in [0.29, 0.717) is 11.1 Å². The van der Waals surface area contributed by atoms with E-state index in [1.165, 1.54) is 50.2 Å². The van der Waals surface area contributed by atoms with E-state index in [9.17, 15) is 9.59 Å². The minimum Gasteiger partial charge on any atom is -0.309 e. The van der Waals surface area contributed by atoms with E-state index in [-0.39, 0.29) is 17.1 Å². The molecule has 0 radical (unpaired) electrons. The summed E-state index contributed by atoms with van der Waals surface area (Å²) in [7, 11) is 0. The molecule has 0 aromatic heterocycles. The third-order valence-corrected chi connectivity index (χ3v) is 11.2. The lowest BCUT2D eigenvalue weighted by Gasteiger charge is -2.46. The third-order valence-electron chi connectivity index (χ3n) is 11.2. The first-order chi connectivity index (χ1) is 24.9. The maximum atomic E-state index is 13.9. The van der Waals surface area contributed by atoms with Gasteiger partial charge in [0.1, 0.15) is 0 Å². The molecule has 51 heavy (non-hydrogen) atoms. The molecule has 0 N–H and O–H groups in total. The Hall–Kier alpha value is -6.32. The van der Waals surface area contributed by atoms with Crippen LogP contribution in [0.5, 0.6) is 0 Å². The van der Waals surface area contributed by atoms with Crippen LogP contribution in [0.2, 0.25) is 0 Å². The lowest BCUT2D eigenvalue weighted by Crippen LogP contribution is -2.36. The quantitative estimate of drug-likeness (QED) is 0.137. The molecule has 7 aromatic carbocycles. The average molecular weight is 656 g/mol. The summed E-state index contributed by atoms with van der Waals surface area (Å²) in [6, 6.07) is 48.9. The van der Waals surface area contributed by atoms with Gasteiger partial charge < -0.3 is 4.90 Å². The van der Waals surface area contributed by atoms with Gasteiger partial charge in [-0.05, 0) is 118 Å². The standard InChI is InChI=1S/C48H33NO2/c1-28-22-29(2)45(30(3)23-28)49-43-19-11-10-18-41(43)48(39-16-8-6-14-34(39)35-15-7-9-17-40(35)48)42-25-31(20-21-44(42)49)24-38-46(50)36-26-32-12-4-5-13-33(32)27-37(36)47(38)51/h4-27H,1-3H3. The Bertz CT molecular complexity index is 2600. The average Bonchev–Trinajstić information content (AvgIpc) is 3.56. The first-order valence-electron chi connectivity index (χ1n) is 17.5. The fourth-order valence-corrected chi connectivity index (χ4v) is 9.29. The Labute approximate surface area is 297 Å². The monoisotopic (exact) mass is 655 g/mol. The molecule has 242 valence electrons. The van der Waals surface area contributed by atoms with E-state index in [1.807, 2.05) is 42.5 Å². The van der Waals surface area contributed by atoms with Crippen molar-refractivity contribution >= 4 is 45.5 Å². The molecule has 7 aromatic rings. The molecule has 10 rings (SSSR count). The number of carbonyl (C=O) groups is 2. The van der Waals surface area contributed by atoms with Crippen molar-refractivity contribution < 1.29 is 9.59 Å². The predicted octanol–water partition coefficient (Wildman–Crippen LogP) is 11.4. The highest BCUT2D eigenvalue weighted by Gasteiger charge is 2.52. The van der Waals surface area contributed by atoms with Crippen molar-refractivity contribution in [3.05, 3.63) is 201 Å². The molecule has 0 amide bonds. The largest absolute Gasteiger partial charge is 0.309 e. The number of Topliss-reactive ketones (excluding diaryl/α,β-unsaturated/α-hetero) is 2. The second kappa shape index (κ2) is 10.6. The number of carbonyl (C=O) groups excluding carboxylic acids is 2. The zero-order valence-electron chi connectivity index (χ0n) is 28.6. The van der Waals surface area contributed by atoms with Crippen LogP contribution in [0.25, 0.3) is 28.0 Å². The molecule has 3 heteroatoms. The molecule has 0 saturated heterocycles. The highest BCUT2D eigenvalue weighted by Crippen LogP contribution is 2.63. The Kier molecular flexibility index (Phi) is 6.14. The first-order valence-corrected chi connectivity index (χ1v) is 17.5. The summed E-state index contributed by atoms with van der Waals surface area (Å²) >= 11 is 0. The van der Waals surface area contributed by atoms with Gasteiger partial charge in [0.2, 0.25) is 0 Å². The van der Waals surface area contributed by atoms with Gasteiger partial charge in [-0.25, -0.2) is 0 Å². The molecular weight excluding hydrogens is 623 g/mol. The molecule has 0 bridgehead atoms. The fourth-order valence-electron chi connectivity index (χ4n) is 9.29. The smallest absolute Gasteiger partial charge is 0.197 e. The van der Waals surface area contributed by atoms with Crippen molar-refractivity contribution in [3.8, 4) is 11.1 Å². The van der Waals surface area contributed by atoms with Crippen LogP contribution in [0.1, 0.15) is 65.2 Å². The van der Waals surface area contributed by atoms with E-state index in [4.69, 9.17) is 0 Å². The summed E-state index contributed by atoms with van der Waals surface area (Å²) < 4.78 is 0. The number of fused-ring (bicyclic) bond motifs is 11. The number of nitrogens with zero attached hydrogens (tertiary/aromatic N) is 1. The van der Waals surface area contributed by atoms with Gasteiger partial charge in [-0.15, -0.1) is 0 Å². The van der Waals surface area contributed by atoms with E-state index < -0.39 is 5.41 Å². The van der Waals surface area contributed by atoms with Crippen LogP contribution in [0.15, 0.2) is 145 Å². The second-order valence-electron chi connectivity index (χ2n) is 14.2. The lowest BCUT2D eigenvalue weighted by atomic mass is 9.64. The van der Waals surface area contributed by atoms with E-state index in [0.717, 1.165) is 33.3 Å². The van der Waals surface area contributed by atoms with Crippen LogP contribution < -0.4 is 4.90 Å². The number of para-hydroxylation sites is 1. The molecule has 0 saturated carbocycles. The van der Waals surface area contributed by atoms with Crippen LogP contribution in [0.3, 0.4) is 0 Å². The summed E-state index contributed by atoms with van der Waals surface area (Å²) in [6.07, 6.45) is 1.81.